The van der Waals surface area contributed by atoms with Gasteiger partial charge in [0.15, 0.2) is 0 Å². The van der Waals surface area contributed by atoms with Crippen molar-refractivity contribution in [1.29, 1.82) is 0 Å². The topological polar surface area (TPSA) is 55.6 Å². The minimum atomic E-state index is -2.85. The van der Waals surface area contributed by atoms with E-state index in [1.807, 2.05) is 0 Å². The van der Waals surface area contributed by atoms with Crippen LogP contribution in [0.1, 0.15) is 33.6 Å². The van der Waals surface area contributed by atoms with Gasteiger partial charge in [-0.3, -0.25) is 0 Å². The number of nitrogens with two attached hydrogens (primary N) is 1. The minimum Gasteiger partial charge on any atom is -0.367 e. The number of hydrogen-bond donors (Lipinski definition) is 1. The second-order valence-corrected chi connectivity index (χ2v) is 5.82. The van der Waals surface area contributed by atoms with Crippen molar-refractivity contribution in [3.05, 3.63) is 0 Å². The molecule has 0 aromatic carbocycles. The van der Waals surface area contributed by atoms with Crippen LogP contribution in [-0.2, 0) is 9.63 Å². The molecule has 1 saturated heterocycles. The molecule has 1 fully saturated rings. The molecular weight excluding hydrogens is 242 g/mol. The van der Waals surface area contributed by atoms with Crippen LogP contribution in [0.25, 0.3) is 0 Å². The zero-order valence-electron chi connectivity index (χ0n) is 11.2. The highest BCUT2D eigenvalue weighted by Gasteiger charge is 2.45. The van der Waals surface area contributed by atoms with Gasteiger partial charge >= 0.3 is 5.97 Å². The Balaban J connectivity index is 2.56. The van der Waals surface area contributed by atoms with Gasteiger partial charge in [0.25, 0.3) is 5.92 Å². The first-order chi connectivity index (χ1) is 8.16. The molecule has 0 aromatic heterocycles. The maximum Gasteiger partial charge on any atom is 0.330 e. The van der Waals surface area contributed by atoms with Gasteiger partial charge in [-0.1, -0.05) is 0 Å². The molecule has 4 nitrogen and oxygen atoms in total. The summed E-state index contributed by atoms with van der Waals surface area (Å²) in [6, 6.07) is 0. The van der Waals surface area contributed by atoms with E-state index >= 15 is 0 Å². The summed E-state index contributed by atoms with van der Waals surface area (Å²) in [6.07, 6.45) is 0.593. The Bertz CT molecular complexity index is 303. The van der Waals surface area contributed by atoms with Crippen LogP contribution in [0.3, 0.4) is 0 Å². The van der Waals surface area contributed by atoms with Gasteiger partial charge in [0, 0.05) is 12.5 Å². The third-order valence-corrected chi connectivity index (χ3v) is 3.05. The predicted molar refractivity (Wildman–Crippen MR) is 63.8 cm³/mol. The molecule has 106 valence electrons. The Labute approximate surface area is 106 Å². The molecule has 1 rings (SSSR count). The first-order valence-corrected chi connectivity index (χ1v) is 6.22. The van der Waals surface area contributed by atoms with Crippen LogP contribution >= 0.6 is 0 Å². The summed E-state index contributed by atoms with van der Waals surface area (Å²) >= 11 is 0. The maximum absolute atomic E-state index is 13.8. The van der Waals surface area contributed by atoms with Gasteiger partial charge in [0.2, 0.25) is 0 Å². The Morgan fingerprint density at radius 3 is 2.56 bits per heavy atom. The van der Waals surface area contributed by atoms with Crippen LogP contribution in [0.15, 0.2) is 0 Å². The van der Waals surface area contributed by atoms with Crippen molar-refractivity contribution < 1.29 is 18.4 Å². The molecule has 0 amide bonds. The van der Waals surface area contributed by atoms with Gasteiger partial charge in [-0.2, -0.15) is 0 Å². The van der Waals surface area contributed by atoms with E-state index in [0.29, 0.717) is 19.4 Å². The molecule has 2 N–H and O–H groups in total. The molecule has 1 aliphatic rings. The molecule has 0 saturated carbocycles. The number of rotatable bonds is 3. The summed E-state index contributed by atoms with van der Waals surface area (Å²) in [7, 11) is 0. The Hall–Kier alpha value is -0.750. The number of nitrogens with zero attached hydrogens (tertiary/aromatic N) is 1. The van der Waals surface area contributed by atoms with E-state index in [9.17, 15) is 13.6 Å². The first-order valence-electron chi connectivity index (χ1n) is 6.22. The van der Waals surface area contributed by atoms with Crippen LogP contribution in [0.5, 0.6) is 0 Å². The minimum absolute atomic E-state index is 0.252. The van der Waals surface area contributed by atoms with Gasteiger partial charge in [-0.15, -0.1) is 5.06 Å². The third-order valence-electron chi connectivity index (χ3n) is 3.05. The van der Waals surface area contributed by atoms with E-state index in [-0.39, 0.29) is 6.54 Å². The number of piperidine rings is 1. The molecule has 1 heterocycles. The molecule has 1 atom stereocenters. The average molecular weight is 264 g/mol. The lowest BCUT2D eigenvalue weighted by atomic mass is 9.91. The molecular formula is C12H22F2N2O2. The summed E-state index contributed by atoms with van der Waals surface area (Å²) in [4.78, 5) is 16.6. The van der Waals surface area contributed by atoms with E-state index in [0.717, 1.165) is 5.06 Å². The lowest BCUT2D eigenvalue weighted by molar-refractivity contribution is -0.238. The molecule has 0 bridgehead atoms. The van der Waals surface area contributed by atoms with Gasteiger partial charge in [-0.05, 0) is 40.2 Å². The fourth-order valence-corrected chi connectivity index (χ4v) is 1.84. The highest BCUT2D eigenvalue weighted by Crippen LogP contribution is 2.35. The molecule has 0 radical (unpaired) electrons. The summed E-state index contributed by atoms with van der Waals surface area (Å²) in [5, 5.41) is 1.07. The van der Waals surface area contributed by atoms with E-state index in [1.165, 1.54) is 0 Å². The third kappa shape index (κ3) is 3.88. The van der Waals surface area contributed by atoms with E-state index in [2.05, 4.69) is 0 Å². The normalized spacial score (nSPS) is 24.9. The van der Waals surface area contributed by atoms with Crippen LogP contribution in [0.2, 0.25) is 0 Å². The number of carbonyl (C=O) groups is 1. The van der Waals surface area contributed by atoms with Gasteiger partial charge < -0.3 is 10.6 Å². The highest BCUT2D eigenvalue weighted by molar-refractivity contribution is 5.75. The second-order valence-electron chi connectivity index (χ2n) is 5.82. The molecule has 1 aliphatic heterocycles. The van der Waals surface area contributed by atoms with Crippen LogP contribution < -0.4 is 5.73 Å². The lowest BCUT2D eigenvalue weighted by Crippen LogP contribution is -2.50. The summed E-state index contributed by atoms with van der Waals surface area (Å²) < 4.78 is 27.5. The van der Waals surface area contributed by atoms with Crippen molar-refractivity contribution in [1.82, 2.24) is 5.06 Å². The quantitative estimate of drug-likeness (QED) is 0.844. The first kappa shape index (κ1) is 15.3. The Morgan fingerprint density at radius 1 is 1.50 bits per heavy atom. The van der Waals surface area contributed by atoms with Gasteiger partial charge in [-0.25, -0.2) is 13.6 Å². The van der Waals surface area contributed by atoms with Crippen LogP contribution in [-0.4, -0.2) is 36.6 Å². The number of hydroxylamine groups is 2. The molecule has 0 aliphatic carbocycles. The molecule has 0 spiro atoms. The SMILES string of the molecule is CC(C)(C)C(=O)ON1CCC(CCN)C(F)(F)C1. The Morgan fingerprint density at radius 2 is 2.11 bits per heavy atom. The predicted octanol–water partition coefficient (Wildman–Crippen LogP) is 1.80. The second kappa shape index (κ2) is 5.48. The van der Waals surface area contributed by atoms with Crippen molar-refractivity contribution in [2.75, 3.05) is 19.6 Å². The van der Waals surface area contributed by atoms with E-state index < -0.39 is 29.8 Å². The van der Waals surface area contributed by atoms with Gasteiger partial charge in [0.1, 0.15) is 0 Å². The zero-order valence-corrected chi connectivity index (χ0v) is 11.2. The molecule has 0 aromatic rings. The number of carbonyl (C=O) groups excluding carboxylic acids is 1. The average Bonchev–Trinajstić information content (AvgIpc) is 2.20. The number of hydrogen-bond acceptors (Lipinski definition) is 4. The van der Waals surface area contributed by atoms with Crippen molar-refractivity contribution in [3.8, 4) is 0 Å². The Kier molecular flexibility index (Phi) is 4.66. The molecule has 18 heavy (non-hydrogen) atoms. The van der Waals surface area contributed by atoms with Crippen molar-refractivity contribution >= 4 is 5.97 Å². The molecule has 6 heteroatoms. The summed E-state index contributed by atoms with van der Waals surface area (Å²) in [5.41, 5.74) is 4.63. The maximum atomic E-state index is 13.8. The highest BCUT2D eigenvalue weighted by atomic mass is 19.3. The monoisotopic (exact) mass is 264 g/mol. The summed E-state index contributed by atoms with van der Waals surface area (Å²) in [5.74, 6) is -4.06. The lowest BCUT2D eigenvalue weighted by Gasteiger charge is -2.37. The largest absolute Gasteiger partial charge is 0.367 e. The van der Waals surface area contributed by atoms with Crippen molar-refractivity contribution in [2.24, 2.45) is 17.1 Å². The fourth-order valence-electron chi connectivity index (χ4n) is 1.84. The van der Waals surface area contributed by atoms with E-state index in [1.54, 1.807) is 20.8 Å². The summed E-state index contributed by atoms with van der Waals surface area (Å²) in [6.45, 7) is 5.11. The van der Waals surface area contributed by atoms with E-state index in [4.69, 9.17) is 10.6 Å². The fraction of sp³-hybridized carbons (Fsp3) is 0.917. The van der Waals surface area contributed by atoms with Crippen molar-refractivity contribution in [3.63, 3.8) is 0 Å². The number of alkyl halides is 2. The zero-order chi connectivity index (χ0) is 14.0. The van der Waals surface area contributed by atoms with Crippen LogP contribution in [0, 0.1) is 11.3 Å². The smallest absolute Gasteiger partial charge is 0.330 e. The standard InChI is InChI=1S/C12H22F2N2O2/c1-11(2,3)10(17)18-16-7-5-9(4-6-15)12(13,14)8-16/h9H,4-8,15H2,1-3H3. The van der Waals surface area contributed by atoms with Crippen LogP contribution in [0.4, 0.5) is 8.78 Å². The number of halogens is 2. The van der Waals surface area contributed by atoms with Crippen molar-refractivity contribution in [2.45, 2.75) is 39.5 Å². The van der Waals surface area contributed by atoms with Gasteiger partial charge in [0.05, 0.1) is 12.0 Å². The molecule has 1 unspecified atom stereocenters.